The zero-order valence-corrected chi connectivity index (χ0v) is 6.49. The zero-order valence-electron chi connectivity index (χ0n) is 5.60. The lowest BCUT2D eigenvalue weighted by Gasteiger charge is -1.90. The molecule has 0 spiro atoms. The quantitative estimate of drug-likeness (QED) is 0.602. The van der Waals surface area contributed by atoms with Crippen LogP contribution in [0.1, 0.15) is 25.1 Å². The third-order valence-corrected chi connectivity index (χ3v) is 2.20. The second-order valence-corrected chi connectivity index (χ2v) is 3.12. The van der Waals surface area contributed by atoms with E-state index in [1.54, 1.807) is 0 Å². The molecule has 5 heteroatoms. The van der Waals surface area contributed by atoms with Crippen LogP contribution in [-0.2, 0) is 0 Å². The van der Waals surface area contributed by atoms with Gasteiger partial charge in [0.25, 0.3) is 0 Å². The third kappa shape index (κ3) is 0.811. The van der Waals surface area contributed by atoms with Crippen molar-refractivity contribution >= 4 is 12.8 Å². The lowest BCUT2D eigenvalue weighted by Crippen LogP contribution is -1.92. The van der Waals surface area contributed by atoms with Gasteiger partial charge in [-0.3, -0.25) is 0 Å². The molecule has 0 N–H and O–H groups in total. The number of nitrogens with zero attached hydrogens (tertiary/aromatic N) is 4. The van der Waals surface area contributed by atoms with E-state index in [9.17, 15) is 0 Å². The van der Waals surface area contributed by atoms with E-state index in [0.717, 1.165) is 11.7 Å². The highest BCUT2D eigenvalue weighted by Gasteiger charge is 2.38. The van der Waals surface area contributed by atoms with Crippen LogP contribution in [0.5, 0.6) is 0 Å². The van der Waals surface area contributed by atoms with Gasteiger partial charge in [-0.1, -0.05) is 6.92 Å². The third-order valence-electron chi connectivity index (χ3n) is 1.92. The molecule has 2 rings (SSSR count). The Hall–Kier alpha value is -0.580. The summed E-state index contributed by atoms with van der Waals surface area (Å²) >= 11 is 4.05. The molecule has 1 unspecified atom stereocenters. The Labute approximate surface area is 64.2 Å². The highest BCUT2D eigenvalue weighted by Crippen LogP contribution is 2.45. The van der Waals surface area contributed by atoms with Gasteiger partial charge in [-0.25, -0.2) is 0 Å². The summed E-state index contributed by atoms with van der Waals surface area (Å²) in [6.07, 6.45) is 1.20. The Kier molecular flexibility index (Phi) is 1.20. The van der Waals surface area contributed by atoms with Crippen LogP contribution in [0.3, 0.4) is 0 Å². The van der Waals surface area contributed by atoms with Crippen molar-refractivity contribution in [3.8, 4) is 0 Å². The fraction of sp³-hybridized carbons (Fsp3) is 0.800. The SMILES string of the molecule is C[C@H]1CC1c1nnnn1S. The van der Waals surface area contributed by atoms with Crippen LogP contribution in [0.4, 0.5) is 0 Å². The van der Waals surface area contributed by atoms with Crippen molar-refractivity contribution < 1.29 is 0 Å². The van der Waals surface area contributed by atoms with Gasteiger partial charge in [-0.2, -0.15) is 4.09 Å². The normalized spacial score (nSPS) is 30.6. The van der Waals surface area contributed by atoms with Crippen LogP contribution in [-0.4, -0.2) is 19.6 Å². The Bertz CT molecular complexity index is 246. The van der Waals surface area contributed by atoms with Crippen LogP contribution in [0.2, 0.25) is 0 Å². The molecule has 0 aromatic carbocycles. The highest BCUT2D eigenvalue weighted by molar-refractivity contribution is 7.78. The molecule has 1 aromatic rings. The molecule has 0 aliphatic heterocycles. The molecule has 0 amide bonds. The molecule has 0 bridgehead atoms. The molecule has 1 aromatic heterocycles. The predicted octanol–water partition coefficient (Wildman–Crippen LogP) is 0.489. The molecule has 54 valence electrons. The van der Waals surface area contributed by atoms with Gasteiger partial charge in [-0.15, -0.1) is 5.10 Å². The van der Waals surface area contributed by atoms with Crippen molar-refractivity contribution in [2.45, 2.75) is 19.3 Å². The summed E-state index contributed by atoms with van der Waals surface area (Å²) in [7, 11) is 0. The molecule has 4 nitrogen and oxygen atoms in total. The van der Waals surface area contributed by atoms with Gasteiger partial charge in [0.15, 0.2) is 5.82 Å². The Morgan fingerprint density at radius 1 is 1.70 bits per heavy atom. The minimum Gasteiger partial charge on any atom is -0.173 e. The maximum Gasteiger partial charge on any atom is 0.166 e. The van der Waals surface area contributed by atoms with Gasteiger partial charge in [-0.05, 0) is 35.6 Å². The van der Waals surface area contributed by atoms with Crippen molar-refractivity contribution in [3.63, 3.8) is 0 Å². The second-order valence-electron chi connectivity index (χ2n) is 2.75. The van der Waals surface area contributed by atoms with E-state index < -0.39 is 0 Å². The van der Waals surface area contributed by atoms with E-state index >= 15 is 0 Å². The molecule has 1 aliphatic rings. The van der Waals surface area contributed by atoms with Crippen molar-refractivity contribution in [2.75, 3.05) is 0 Å². The first kappa shape index (κ1) is 6.15. The van der Waals surface area contributed by atoms with E-state index in [0.29, 0.717) is 5.92 Å². The van der Waals surface area contributed by atoms with Gasteiger partial charge in [0.1, 0.15) is 0 Å². The molecular weight excluding hydrogens is 148 g/mol. The number of rotatable bonds is 1. The van der Waals surface area contributed by atoms with Crippen molar-refractivity contribution in [3.05, 3.63) is 5.82 Å². The van der Waals surface area contributed by atoms with Crippen molar-refractivity contribution in [1.29, 1.82) is 0 Å². The molecule has 10 heavy (non-hydrogen) atoms. The molecule has 0 radical (unpaired) electrons. The summed E-state index contributed by atoms with van der Waals surface area (Å²) < 4.78 is 1.45. The van der Waals surface area contributed by atoms with Crippen molar-refractivity contribution in [2.24, 2.45) is 5.92 Å². The zero-order chi connectivity index (χ0) is 7.14. The first-order valence-corrected chi connectivity index (χ1v) is 3.66. The van der Waals surface area contributed by atoms with Crippen molar-refractivity contribution in [1.82, 2.24) is 19.6 Å². The molecule has 1 heterocycles. The average Bonchev–Trinajstić information content (AvgIpc) is 2.42. The molecule has 2 atom stereocenters. The van der Waals surface area contributed by atoms with Gasteiger partial charge < -0.3 is 0 Å². The van der Waals surface area contributed by atoms with E-state index in [2.05, 4.69) is 35.3 Å². The van der Waals surface area contributed by atoms with Gasteiger partial charge >= 0.3 is 0 Å². The maximum absolute atomic E-state index is 4.05. The van der Waals surface area contributed by atoms with Crippen LogP contribution in [0.15, 0.2) is 0 Å². The first-order chi connectivity index (χ1) is 4.79. The van der Waals surface area contributed by atoms with E-state index in [4.69, 9.17) is 0 Å². The van der Waals surface area contributed by atoms with E-state index in [1.165, 1.54) is 10.5 Å². The largest absolute Gasteiger partial charge is 0.173 e. The van der Waals surface area contributed by atoms with Gasteiger partial charge in [0, 0.05) is 5.92 Å². The summed E-state index contributed by atoms with van der Waals surface area (Å²) in [4.78, 5) is 0. The first-order valence-electron chi connectivity index (χ1n) is 3.26. The molecule has 0 saturated heterocycles. The van der Waals surface area contributed by atoms with E-state index in [-0.39, 0.29) is 0 Å². The van der Waals surface area contributed by atoms with Crippen LogP contribution in [0.25, 0.3) is 0 Å². The lowest BCUT2D eigenvalue weighted by atomic mass is 10.3. The number of aromatic nitrogens is 4. The fourth-order valence-electron chi connectivity index (χ4n) is 1.09. The monoisotopic (exact) mass is 156 g/mol. The Morgan fingerprint density at radius 3 is 2.80 bits per heavy atom. The summed E-state index contributed by atoms with van der Waals surface area (Å²) in [5.41, 5.74) is 0. The smallest absolute Gasteiger partial charge is 0.166 e. The van der Waals surface area contributed by atoms with Crippen LogP contribution < -0.4 is 0 Å². The minimum atomic E-state index is 0.549. The molecule has 1 aliphatic carbocycles. The summed E-state index contributed by atoms with van der Waals surface area (Å²) in [5.74, 6) is 2.18. The summed E-state index contributed by atoms with van der Waals surface area (Å²) in [6.45, 7) is 2.19. The Balaban J connectivity index is 2.26. The van der Waals surface area contributed by atoms with Gasteiger partial charge in [0.05, 0.1) is 0 Å². The molecular formula is C5H8N4S. The minimum absolute atomic E-state index is 0.549. The number of tetrazole rings is 1. The Morgan fingerprint density at radius 2 is 2.40 bits per heavy atom. The summed E-state index contributed by atoms with van der Waals surface area (Å²) in [5, 5.41) is 11.0. The lowest BCUT2D eigenvalue weighted by molar-refractivity contribution is 0.824. The van der Waals surface area contributed by atoms with E-state index in [1.807, 2.05) is 0 Å². The predicted molar refractivity (Wildman–Crippen MR) is 38.7 cm³/mol. The molecule has 1 fully saturated rings. The average molecular weight is 156 g/mol. The number of hydrogen-bond donors (Lipinski definition) is 1. The molecule has 1 saturated carbocycles. The summed E-state index contributed by atoms with van der Waals surface area (Å²) in [6, 6.07) is 0. The van der Waals surface area contributed by atoms with Gasteiger partial charge in [0.2, 0.25) is 0 Å². The standard InChI is InChI=1S/C5H8N4S/c1-3-2-4(3)5-6-7-8-9(5)10/h3-4,10H,2H2,1H3/t3-,4?/m0/s1. The maximum atomic E-state index is 4.05. The highest BCUT2D eigenvalue weighted by atomic mass is 32.1. The second kappa shape index (κ2) is 1.95. The van der Waals surface area contributed by atoms with Crippen LogP contribution in [0, 0.1) is 5.92 Å². The number of hydrogen-bond acceptors (Lipinski definition) is 4. The number of thiol groups is 1. The van der Waals surface area contributed by atoms with Crippen LogP contribution >= 0.6 is 12.8 Å². The fourth-order valence-corrected chi connectivity index (χ4v) is 1.32. The topological polar surface area (TPSA) is 43.6 Å².